The van der Waals surface area contributed by atoms with Crippen molar-refractivity contribution in [1.82, 2.24) is 4.90 Å². The standard InChI is InChI=1S/C23H27N3O4S2/c1-4-26(32(3,28)29)19-7-10-21-17(15-19)16-22(31-21)23(27)25-13-11-24(12-14-25)18-5-8-20(30-2)9-6-18/h5-10,15-16H,4,11-14H2,1-3H3. The number of hydrogen-bond donors (Lipinski definition) is 0. The highest BCUT2D eigenvalue weighted by molar-refractivity contribution is 7.92. The van der Waals surface area contributed by atoms with Gasteiger partial charge in [0.25, 0.3) is 5.91 Å². The van der Waals surface area contributed by atoms with Crippen LogP contribution in [-0.4, -0.2) is 65.3 Å². The molecule has 2 heterocycles. The fourth-order valence-electron chi connectivity index (χ4n) is 4.02. The van der Waals surface area contributed by atoms with Crippen molar-refractivity contribution in [2.24, 2.45) is 0 Å². The molecular weight excluding hydrogens is 446 g/mol. The van der Waals surface area contributed by atoms with E-state index in [9.17, 15) is 13.2 Å². The van der Waals surface area contributed by atoms with E-state index < -0.39 is 10.0 Å². The van der Waals surface area contributed by atoms with E-state index in [2.05, 4.69) is 4.90 Å². The molecule has 0 spiro atoms. The number of amides is 1. The van der Waals surface area contributed by atoms with Gasteiger partial charge in [0.1, 0.15) is 5.75 Å². The number of benzene rings is 2. The van der Waals surface area contributed by atoms with Crippen LogP contribution in [0.1, 0.15) is 16.6 Å². The Morgan fingerprint density at radius 2 is 1.75 bits per heavy atom. The van der Waals surface area contributed by atoms with Crippen LogP contribution in [0.5, 0.6) is 5.75 Å². The average Bonchev–Trinajstić information content (AvgIpc) is 3.22. The predicted octanol–water partition coefficient (Wildman–Crippen LogP) is 3.66. The minimum absolute atomic E-state index is 0.0255. The molecule has 1 aliphatic rings. The number of ether oxygens (including phenoxy) is 1. The van der Waals surface area contributed by atoms with Crippen molar-refractivity contribution in [2.45, 2.75) is 6.92 Å². The summed E-state index contributed by atoms with van der Waals surface area (Å²) in [5, 5.41) is 0.884. The minimum atomic E-state index is -3.35. The molecule has 32 heavy (non-hydrogen) atoms. The second-order valence-electron chi connectivity index (χ2n) is 7.74. The largest absolute Gasteiger partial charge is 0.497 e. The summed E-state index contributed by atoms with van der Waals surface area (Å²) in [5.74, 6) is 0.853. The van der Waals surface area contributed by atoms with Crippen LogP contribution >= 0.6 is 11.3 Å². The Balaban J connectivity index is 1.47. The molecule has 1 fully saturated rings. The van der Waals surface area contributed by atoms with Crippen molar-refractivity contribution >= 4 is 48.7 Å². The van der Waals surface area contributed by atoms with Crippen molar-refractivity contribution < 1.29 is 17.9 Å². The summed E-state index contributed by atoms with van der Waals surface area (Å²) in [6.45, 7) is 5.02. The van der Waals surface area contributed by atoms with Crippen LogP contribution in [0, 0.1) is 0 Å². The van der Waals surface area contributed by atoms with Gasteiger partial charge in [0, 0.05) is 43.1 Å². The topological polar surface area (TPSA) is 70.2 Å². The van der Waals surface area contributed by atoms with Gasteiger partial charge in [-0.1, -0.05) is 0 Å². The minimum Gasteiger partial charge on any atom is -0.497 e. The van der Waals surface area contributed by atoms with Gasteiger partial charge in [-0.15, -0.1) is 11.3 Å². The molecule has 170 valence electrons. The van der Waals surface area contributed by atoms with Crippen LogP contribution in [-0.2, 0) is 10.0 Å². The van der Waals surface area contributed by atoms with Gasteiger partial charge in [0.2, 0.25) is 10.0 Å². The number of fused-ring (bicyclic) bond motifs is 1. The molecule has 0 bridgehead atoms. The summed E-state index contributed by atoms with van der Waals surface area (Å²) < 4.78 is 31.6. The zero-order chi connectivity index (χ0) is 22.9. The number of methoxy groups -OCH3 is 1. The molecule has 4 rings (SSSR count). The fourth-order valence-corrected chi connectivity index (χ4v) is 5.99. The summed E-state index contributed by atoms with van der Waals surface area (Å²) in [5.41, 5.74) is 1.74. The van der Waals surface area contributed by atoms with E-state index >= 15 is 0 Å². The van der Waals surface area contributed by atoms with Gasteiger partial charge in [-0.25, -0.2) is 8.42 Å². The number of thiophene rings is 1. The van der Waals surface area contributed by atoms with Crippen LogP contribution < -0.4 is 13.9 Å². The molecule has 9 heteroatoms. The Morgan fingerprint density at radius 1 is 1.06 bits per heavy atom. The zero-order valence-electron chi connectivity index (χ0n) is 18.4. The number of carbonyl (C=O) groups is 1. The highest BCUT2D eigenvalue weighted by atomic mass is 32.2. The quantitative estimate of drug-likeness (QED) is 0.547. The molecule has 2 aromatic carbocycles. The number of rotatable bonds is 6. The maximum absolute atomic E-state index is 13.1. The van der Waals surface area contributed by atoms with E-state index in [4.69, 9.17) is 4.74 Å². The number of sulfonamides is 1. The number of anilines is 2. The van der Waals surface area contributed by atoms with Crippen molar-refractivity contribution in [1.29, 1.82) is 0 Å². The molecule has 7 nitrogen and oxygen atoms in total. The molecule has 0 saturated carbocycles. The van der Waals surface area contributed by atoms with Gasteiger partial charge in [-0.2, -0.15) is 0 Å². The lowest BCUT2D eigenvalue weighted by molar-refractivity contribution is 0.0751. The van der Waals surface area contributed by atoms with Gasteiger partial charge < -0.3 is 14.5 Å². The van der Waals surface area contributed by atoms with Gasteiger partial charge in [-0.3, -0.25) is 9.10 Å². The molecule has 1 amide bonds. The molecule has 0 aliphatic carbocycles. The van der Waals surface area contributed by atoms with Crippen molar-refractivity contribution in [3.63, 3.8) is 0 Å². The normalized spacial score (nSPS) is 14.6. The number of piperazine rings is 1. The van der Waals surface area contributed by atoms with Crippen molar-refractivity contribution in [3.05, 3.63) is 53.4 Å². The molecule has 0 radical (unpaired) electrons. The monoisotopic (exact) mass is 473 g/mol. The Morgan fingerprint density at radius 3 is 2.34 bits per heavy atom. The predicted molar refractivity (Wildman–Crippen MR) is 131 cm³/mol. The average molecular weight is 474 g/mol. The third-order valence-electron chi connectivity index (χ3n) is 5.69. The molecule has 0 atom stereocenters. The van der Waals surface area contributed by atoms with E-state index in [1.807, 2.05) is 47.4 Å². The number of nitrogens with zero attached hydrogens (tertiary/aromatic N) is 3. The first-order valence-electron chi connectivity index (χ1n) is 10.5. The maximum atomic E-state index is 13.1. The van der Waals surface area contributed by atoms with Crippen molar-refractivity contribution in [2.75, 3.05) is 55.3 Å². The second-order valence-corrected chi connectivity index (χ2v) is 10.7. The molecule has 1 saturated heterocycles. The lowest BCUT2D eigenvalue weighted by Gasteiger charge is -2.36. The molecule has 0 unspecified atom stereocenters. The van der Waals surface area contributed by atoms with E-state index in [1.165, 1.54) is 21.9 Å². The summed E-state index contributed by atoms with van der Waals surface area (Å²) in [7, 11) is -1.69. The van der Waals surface area contributed by atoms with Gasteiger partial charge in [0.15, 0.2) is 0 Å². The summed E-state index contributed by atoms with van der Waals surface area (Å²) >= 11 is 1.45. The molecule has 1 aliphatic heterocycles. The maximum Gasteiger partial charge on any atom is 0.264 e. The Hall–Kier alpha value is -2.78. The van der Waals surface area contributed by atoms with E-state index in [-0.39, 0.29) is 5.91 Å². The molecular formula is C23H27N3O4S2. The summed E-state index contributed by atoms with van der Waals surface area (Å²) in [4.78, 5) is 18.0. The van der Waals surface area contributed by atoms with Gasteiger partial charge in [0.05, 0.1) is 23.9 Å². The number of carbonyl (C=O) groups excluding carboxylic acids is 1. The second kappa shape index (κ2) is 8.99. The van der Waals surface area contributed by atoms with Gasteiger partial charge >= 0.3 is 0 Å². The first-order chi connectivity index (χ1) is 15.3. The van der Waals surface area contributed by atoms with E-state index in [1.54, 1.807) is 20.1 Å². The lowest BCUT2D eigenvalue weighted by Crippen LogP contribution is -2.48. The number of hydrogen-bond acceptors (Lipinski definition) is 6. The van der Waals surface area contributed by atoms with E-state index in [0.29, 0.717) is 30.2 Å². The third-order valence-corrected chi connectivity index (χ3v) is 8.06. The molecule has 0 N–H and O–H groups in total. The first kappa shape index (κ1) is 22.4. The Bertz CT molecular complexity index is 1210. The van der Waals surface area contributed by atoms with Crippen LogP contribution in [0.25, 0.3) is 10.1 Å². The van der Waals surface area contributed by atoms with Crippen LogP contribution in [0.15, 0.2) is 48.5 Å². The molecule has 3 aromatic rings. The SMILES string of the molecule is CCN(c1ccc2sc(C(=O)N3CCN(c4ccc(OC)cc4)CC3)cc2c1)S(C)(=O)=O. The van der Waals surface area contributed by atoms with Crippen molar-refractivity contribution in [3.8, 4) is 5.75 Å². The summed E-state index contributed by atoms with van der Waals surface area (Å²) in [6, 6.07) is 15.4. The molecule has 1 aromatic heterocycles. The van der Waals surface area contributed by atoms with Crippen LogP contribution in [0.3, 0.4) is 0 Å². The highest BCUT2D eigenvalue weighted by Gasteiger charge is 2.24. The first-order valence-corrected chi connectivity index (χ1v) is 13.2. The van der Waals surface area contributed by atoms with Crippen LogP contribution in [0.4, 0.5) is 11.4 Å². The van der Waals surface area contributed by atoms with E-state index in [0.717, 1.165) is 34.6 Å². The Kier molecular flexibility index (Phi) is 6.30. The summed E-state index contributed by atoms with van der Waals surface area (Å²) in [6.07, 6.45) is 1.20. The highest BCUT2D eigenvalue weighted by Crippen LogP contribution is 2.31. The smallest absolute Gasteiger partial charge is 0.264 e. The lowest BCUT2D eigenvalue weighted by atomic mass is 10.2. The van der Waals surface area contributed by atoms with Crippen LogP contribution in [0.2, 0.25) is 0 Å². The van der Waals surface area contributed by atoms with Gasteiger partial charge in [-0.05, 0) is 60.8 Å². The zero-order valence-corrected chi connectivity index (χ0v) is 20.1. The third kappa shape index (κ3) is 4.54. The fraction of sp³-hybridized carbons (Fsp3) is 0.348. The Labute approximate surface area is 192 Å².